The summed E-state index contributed by atoms with van der Waals surface area (Å²) >= 11 is 0. The van der Waals surface area contributed by atoms with Crippen LogP contribution in [0.3, 0.4) is 0 Å². The minimum atomic E-state index is -0.807. The van der Waals surface area contributed by atoms with Crippen molar-refractivity contribution in [3.05, 3.63) is 109 Å². The summed E-state index contributed by atoms with van der Waals surface area (Å²) < 4.78 is 16.8. The van der Waals surface area contributed by atoms with E-state index in [1.54, 1.807) is 0 Å². The number of hydrogen-bond donors (Lipinski definition) is 0. The van der Waals surface area contributed by atoms with Crippen LogP contribution in [-0.2, 0) is 28.6 Å². The van der Waals surface area contributed by atoms with Crippen molar-refractivity contribution in [1.29, 1.82) is 0 Å². The molecule has 0 rings (SSSR count). The van der Waals surface area contributed by atoms with Gasteiger partial charge in [-0.1, -0.05) is 214 Å². The second-order valence-corrected chi connectivity index (χ2v) is 18.5. The molecule has 0 aliphatic rings. The van der Waals surface area contributed by atoms with Gasteiger partial charge in [0.1, 0.15) is 13.2 Å². The number of allylic oxidation sites excluding steroid dienone is 18. The molecule has 0 aromatic carbocycles. The van der Waals surface area contributed by atoms with Crippen LogP contribution in [0.5, 0.6) is 0 Å². The number of hydrogen-bond acceptors (Lipinski definition) is 6. The number of ether oxygens (including phenoxy) is 3. The van der Waals surface area contributed by atoms with E-state index in [0.29, 0.717) is 12.8 Å². The molecule has 0 heterocycles. The largest absolute Gasteiger partial charge is 0.462 e. The van der Waals surface area contributed by atoms with Crippen LogP contribution in [-0.4, -0.2) is 37.2 Å². The Labute approximate surface area is 425 Å². The van der Waals surface area contributed by atoms with Crippen molar-refractivity contribution < 1.29 is 28.6 Å². The van der Waals surface area contributed by atoms with E-state index in [1.807, 2.05) is 0 Å². The van der Waals surface area contributed by atoms with Gasteiger partial charge in [-0.05, 0) is 128 Å². The molecule has 0 amide bonds. The molecule has 0 saturated heterocycles. The summed E-state index contributed by atoms with van der Waals surface area (Å²) in [6.45, 7) is 6.43. The van der Waals surface area contributed by atoms with Gasteiger partial charge in [0.15, 0.2) is 6.10 Å². The molecule has 0 spiro atoms. The van der Waals surface area contributed by atoms with Gasteiger partial charge in [-0.15, -0.1) is 0 Å². The van der Waals surface area contributed by atoms with E-state index >= 15 is 0 Å². The smallest absolute Gasteiger partial charge is 0.306 e. The van der Waals surface area contributed by atoms with Crippen LogP contribution in [0.4, 0.5) is 0 Å². The fraction of sp³-hybridized carbons (Fsp3) is 0.667. The summed E-state index contributed by atoms with van der Waals surface area (Å²) in [7, 11) is 0. The zero-order chi connectivity index (χ0) is 50.0. The minimum absolute atomic E-state index is 0.102. The number of carbonyl (C=O) groups is 3. The highest BCUT2D eigenvalue weighted by Gasteiger charge is 2.19. The van der Waals surface area contributed by atoms with Gasteiger partial charge in [-0.2, -0.15) is 0 Å². The lowest BCUT2D eigenvalue weighted by Gasteiger charge is -2.18. The Bertz CT molecular complexity index is 1420. The lowest BCUT2D eigenvalue weighted by molar-refractivity contribution is -0.167. The minimum Gasteiger partial charge on any atom is -0.462 e. The SMILES string of the molecule is CC/C=C\C/C=C\C/C=C\C/C=C\C/C=C\CCCCCC(=O)O[C@@H](COC(=O)CCCCCCC/C=C\C/C=C\CCCCC)COC(=O)CCCCCCCCC/C=C\C/C=C\CCCCC. The summed E-state index contributed by atoms with van der Waals surface area (Å²) in [5.74, 6) is -0.956. The highest BCUT2D eigenvalue weighted by Crippen LogP contribution is 2.13. The van der Waals surface area contributed by atoms with Crippen molar-refractivity contribution in [3.63, 3.8) is 0 Å². The van der Waals surface area contributed by atoms with Crippen molar-refractivity contribution in [3.8, 4) is 0 Å². The predicted molar refractivity (Wildman–Crippen MR) is 297 cm³/mol. The standard InChI is InChI=1S/C63H104O6/c1-4-7-10-13-16-19-22-25-28-30-31-33-36-39-42-45-48-51-54-57-63(66)69-60(58-67-61(64)55-52-49-46-43-40-37-34-27-24-21-18-15-12-9-6-3)59-68-62(65)56-53-50-47-44-41-38-35-32-29-26-23-20-17-14-11-8-5-2/h7,10,16-21,25-29,31,33-34,39,42,60H,4-6,8-9,11-15,22-24,30,32,35-38,40-41,43-59H2,1-3H3/b10-7-,19-16-,20-17-,21-18-,28-25-,29-26-,33-31-,34-27-,42-39-/t60-/m0/s1. The lowest BCUT2D eigenvalue weighted by atomic mass is 10.1. The molecule has 0 aliphatic carbocycles. The molecule has 6 heteroatoms. The zero-order valence-corrected chi connectivity index (χ0v) is 44.8. The van der Waals surface area contributed by atoms with Gasteiger partial charge in [-0.25, -0.2) is 0 Å². The summed E-state index contributed by atoms with van der Waals surface area (Å²) in [5, 5.41) is 0. The first-order chi connectivity index (χ1) is 34.0. The van der Waals surface area contributed by atoms with E-state index in [2.05, 4.69) is 130 Å². The first-order valence-corrected chi connectivity index (χ1v) is 28.4. The van der Waals surface area contributed by atoms with Gasteiger partial charge in [0.05, 0.1) is 0 Å². The predicted octanol–water partition coefficient (Wildman–Crippen LogP) is 19.1. The molecule has 0 unspecified atom stereocenters. The fourth-order valence-electron chi connectivity index (χ4n) is 7.47. The molecule has 0 aromatic heterocycles. The molecule has 0 aromatic rings. The molecule has 0 N–H and O–H groups in total. The molecule has 0 aliphatic heterocycles. The normalized spacial score (nSPS) is 12.9. The van der Waals surface area contributed by atoms with E-state index in [9.17, 15) is 14.4 Å². The van der Waals surface area contributed by atoms with Gasteiger partial charge >= 0.3 is 17.9 Å². The molecule has 69 heavy (non-hydrogen) atoms. The van der Waals surface area contributed by atoms with Crippen LogP contribution >= 0.6 is 0 Å². The van der Waals surface area contributed by atoms with Crippen LogP contribution in [0, 0.1) is 0 Å². The molecular weight excluding hydrogens is 853 g/mol. The number of rotatable bonds is 50. The summed E-state index contributed by atoms with van der Waals surface area (Å²) in [4.78, 5) is 38.2. The lowest BCUT2D eigenvalue weighted by Crippen LogP contribution is -2.30. The van der Waals surface area contributed by atoms with Crippen molar-refractivity contribution >= 4 is 17.9 Å². The van der Waals surface area contributed by atoms with Gasteiger partial charge < -0.3 is 14.2 Å². The molecule has 0 radical (unpaired) electrons. The Morgan fingerprint density at radius 1 is 0.304 bits per heavy atom. The number of carbonyl (C=O) groups excluding carboxylic acids is 3. The van der Waals surface area contributed by atoms with Gasteiger partial charge in [0.25, 0.3) is 0 Å². The number of esters is 3. The highest BCUT2D eigenvalue weighted by molar-refractivity contribution is 5.71. The molecule has 392 valence electrons. The Balaban J connectivity index is 4.50. The van der Waals surface area contributed by atoms with Gasteiger partial charge in [-0.3, -0.25) is 14.4 Å². The van der Waals surface area contributed by atoms with E-state index in [-0.39, 0.29) is 37.5 Å². The quantitative estimate of drug-likeness (QED) is 0.0262. The highest BCUT2D eigenvalue weighted by atomic mass is 16.6. The Hall–Kier alpha value is -3.93. The first-order valence-electron chi connectivity index (χ1n) is 28.4. The maximum atomic E-state index is 12.9. The third-order valence-electron chi connectivity index (χ3n) is 11.7. The van der Waals surface area contributed by atoms with Crippen LogP contribution < -0.4 is 0 Å². The van der Waals surface area contributed by atoms with E-state index < -0.39 is 6.10 Å². The van der Waals surface area contributed by atoms with Crippen molar-refractivity contribution in [1.82, 2.24) is 0 Å². The third kappa shape index (κ3) is 54.9. The third-order valence-corrected chi connectivity index (χ3v) is 11.7. The molecule has 0 saturated carbocycles. The summed E-state index contributed by atoms with van der Waals surface area (Å²) in [6.07, 6.45) is 76.4. The maximum absolute atomic E-state index is 12.9. The van der Waals surface area contributed by atoms with Gasteiger partial charge in [0.2, 0.25) is 0 Å². The zero-order valence-electron chi connectivity index (χ0n) is 44.8. The van der Waals surface area contributed by atoms with Crippen LogP contribution in [0.2, 0.25) is 0 Å². The van der Waals surface area contributed by atoms with Gasteiger partial charge in [0, 0.05) is 19.3 Å². The maximum Gasteiger partial charge on any atom is 0.306 e. The van der Waals surface area contributed by atoms with Crippen LogP contribution in [0.25, 0.3) is 0 Å². The van der Waals surface area contributed by atoms with Crippen LogP contribution in [0.15, 0.2) is 109 Å². The average Bonchev–Trinajstić information content (AvgIpc) is 3.35. The van der Waals surface area contributed by atoms with Crippen molar-refractivity contribution in [2.24, 2.45) is 0 Å². The molecular formula is C63H104O6. The first kappa shape index (κ1) is 65.1. The Kier molecular flexibility index (Phi) is 53.4. The van der Waals surface area contributed by atoms with Crippen molar-refractivity contribution in [2.45, 2.75) is 258 Å². The van der Waals surface area contributed by atoms with E-state index in [0.717, 1.165) is 135 Å². The second-order valence-electron chi connectivity index (χ2n) is 18.5. The second kappa shape index (κ2) is 56.7. The monoisotopic (exact) mass is 957 g/mol. The topological polar surface area (TPSA) is 78.9 Å². The molecule has 6 nitrogen and oxygen atoms in total. The molecule has 0 fully saturated rings. The molecule has 0 bridgehead atoms. The average molecular weight is 958 g/mol. The Morgan fingerprint density at radius 3 is 0.899 bits per heavy atom. The summed E-state index contributed by atoms with van der Waals surface area (Å²) in [5.41, 5.74) is 0. The van der Waals surface area contributed by atoms with Crippen molar-refractivity contribution in [2.75, 3.05) is 13.2 Å². The molecule has 1 atom stereocenters. The van der Waals surface area contributed by atoms with Crippen LogP contribution in [0.1, 0.15) is 252 Å². The summed E-state index contributed by atoms with van der Waals surface area (Å²) in [6, 6.07) is 0. The van der Waals surface area contributed by atoms with E-state index in [4.69, 9.17) is 14.2 Å². The Morgan fingerprint density at radius 2 is 0.565 bits per heavy atom. The fourth-order valence-corrected chi connectivity index (χ4v) is 7.47. The van der Waals surface area contributed by atoms with E-state index in [1.165, 1.54) is 77.0 Å². The number of unbranched alkanes of at least 4 members (excludes halogenated alkanes) is 21.